The van der Waals surface area contributed by atoms with Gasteiger partial charge in [-0.2, -0.15) is 5.10 Å². The van der Waals surface area contributed by atoms with Crippen LogP contribution >= 0.6 is 11.3 Å². The quantitative estimate of drug-likeness (QED) is 0.764. The molecule has 0 unspecified atom stereocenters. The first-order valence-corrected chi connectivity index (χ1v) is 8.66. The van der Waals surface area contributed by atoms with Crippen LogP contribution < -0.4 is 10.2 Å². The molecule has 4 rings (SSSR count). The fourth-order valence-electron chi connectivity index (χ4n) is 2.92. The van der Waals surface area contributed by atoms with Crippen molar-refractivity contribution in [2.24, 2.45) is 0 Å². The highest BCUT2D eigenvalue weighted by Crippen LogP contribution is 2.41. The van der Waals surface area contributed by atoms with E-state index in [1.807, 2.05) is 18.0 Å². The highest BCUT2D eigenvalue weighted by atomic mass is 32.1. The van der Waals surface area contributed by atoms with E-state index >= 15 is 0 Å². The molecule has 0 atom stereocenters. The maximum absolute atomic E-state index is 13.7. The average molecular weight is 354 g/mol. The molecule has 0 saturated heterocycles. The van der Waals surface area contributed by atoms with Crippen LogP contribution in [0.1, 0.15) is 15.2 Å². The maximum Gasteiger partial charge on any atom is 0.266 e. The van der Waals surface area contributed by atoms with Gasteiger partial charge in [0, 0.05) is 35.9 Å². The van der Waals surface area contributed by atoms with Gasteiger partial charge >= 0.3 is 0 Å². The van der Waals surface area contributed by atoms with Crippen molar-refractivity contribution in [1.29, 1.82) is 0 Å². The zero-order chi connectivity index (χ0) is 17.4. The second-order valence-electron chi connectivity index (χ2n) is 5.86. The Hall–Kier alpha value is -2.80. The molecule has 1 aromatic carbocycles. The molecular weight excluding hydrogens is 339 g/mol. The first-order chi connectivity index (χ1) is 12.1. The van der Waals surface area contributed by atoms with E-state index < -0.39 is 0 Å². The van der Waals surface area contributed by atoms with Gasteiger partial charge < -0.3 is 10.2 Å². The van der Waals surface area contributed by atoms with Crippen molar-refractivity contribution in [3.05, 3.63) is 58.9 Å². The number of fused-ring (bicyclic) bond motifs is 3. The zero-order valence-electron chi connectivity index (χ0n) is 13.5. The molecule has 1 amide bonds. The third-order valence-corrected chi connectivity index (χ3v) is 5.39. The number of benzene rings is 1. The number of rotatable bonds is 2. The summed E-state index contributed by atoms with van der Waals surface area (Å²) in [6, 6.07) is 10.1. The standard InChI is InChI=1S/C18H15FN4OS/c1-23-8-6-11-9-15(18(24)21-16-3-2-7-20-22-16)25-17(11)13-5-4-12(19)10-14(13)23/h2-5,7,9-10H,6,8H2,1H3,(H,21,22,24). The van der Waals surface area contributed by atoms with Crippen molar-refractivity contribution in [2.75, 3.05) is 23.8 Å². The molecule has 1 N–H and O–H groups in total. The number of thiophene rings is 1. The van der Waals surface area contributed by atoms with E-state index in [0.29, 0.717) is 10.7 Å². The summed E-state index contributed by atoms with van der Waals surface area (Å²) in [4.78, 5) is 16.2. The molecule has 1 aliphatic rings. The second-order valence-corrected chi connectivity index (χ2v) is 6.91. The van der Waals surface area contributed by atoms with E-state index in [9.17, 15) is 9.18 Å². The Balaban J connectivity index is 1.71. The molecule has 3 aromatic rings. The lowest BCUT2D eigenvalue weighted by molar-refractivity contribution is 0.103. The Kier molecular flexibility index (Phi) is 3.93. The second kappa shape index (κ2) is 6.25. The van der Waals surface area contributed by atoms with Gasteiger partial charge in [0.2, 0.25) is 0 Å². The summed E-state index contributed by atoms with van der Waals surface area (Å²) in [5, 5.41) is 10.4. The lowest BCUT2D eigenvalue weighted by Crippen LogP contribution is -2.19. The Morgan fingerprint density at radius 2 is 2.20 bits per heavy atom. The number of anilines is 2. The molecule has 25 heavy (non-hydrogen) atoms. The highest BCUT2D eigenvalue weighted by molar-refractivity contribution is 7.17. The summed E-state index contributed by atoms with van der Waals surface area (Å²) in [6.07, 6.45) is 2.35. The Morgan fingerprint density at radius 1 is 1.32 bits per heavy atom. The molecular formula is C18H15FN4OS. The number of hydrogen-bond acceptors (Lipinski definition) is 5. The van der Waals surface area contributed by atoms with Crippen molar-refractivity contribution < 1.29 is 9.18 Å². The smallest absolute Gasteiger partial charge is 0.266 e. The topological polar surface area (TPSA) is 58.1 Å². The number of carbonyl (C=O) groups is 1. The van der Waals surface area contributed by atoms with Gasteiger partial charge in [0.25, 0.3) is 5.91 Å². The minimum Gasteiger partial charge on any atom is -0.374 e. The highest BCUT2D eigenvalue weighted by Gasteiger charge is 2.23. The van der Waals surface area contributed by atoms with E-state index in [4.69, 9.17) is 0 Å². The number of hydrogen-bond donors (Lipinski definition) is 1. The van der Waals surface area contributed by atoms with Gasteiger partial charge in [-0.15, -0.1) is 16.4 Å². The Bertz CT molecular complexity index is 942. The van der Waals surface area contributed by atoms with Crippen LogP contribution in [0.4, 0.5) is 15.9 Å². The molecule has 7 heteroatoms. The molecule has 0 spiro atoms. The van der Waals surface area contributed by atoms with Gasteiger partial charge in [-0.05, 0) is 48.4 Å². The third kappa shape index (κ3) is 2.98. The number of aromatic nitrogens is 2. The molecule has 0 bridgehead atoms. The molecule has 0 aliphatic carbocycles. The van der Waals surface area contributed by atoms with Crippen LogP contribution in [0.15, 0.2) is 42.6 Å². The lowest BCUT2D eigenvalue weighted by Gasteiger charge is -2.19. The number of likely N-dealkylation sites (N-methyl/N-ethyl adjacent to an activating group) is 1. The third-order valence-electron chi connectivity index (χ3n) is 4.18. The van der Waals surface area contributed by atoms with E-state index in [1.165, 1.54) is 17.4 Å². The summed E-state index contributed by atoms with van der Waals surface area (Å²) in [6.45, 7) is 0.769. The minimum absolute atomic E-state index is 0.212. The molecule has 1 aliphatic heterocycles. The lowest BCUT2D eigenvalue weighted by atomic mass is 10.1. The summed E-state index contributed by atoms with van der Waals surface area (Å²) >= 11 is 1.42. The van der Waals surface area contributed by atoms with Gasteiger partial charge in [-0.1, -0.05) is 0 Å². The predicted octanol–water partition coefficient (Wildman–Crippen LogP) is 3.59. The average Bonchev–Trinajstić information content (AvgIpc) is 3.00. The van der Waals surface area contributed by atoms with Crippen molar-refractivity contribution in [3.63, 3.8) is 0 Å². The van der Waals surface area contributed by atoms with Gasteiger partial charge in [-0.25, -0.2) is 4.39 Å². The Morgan fingerprint density at radius 3 is 3.00 bits per heavy atom. The molecule has 0 radical (unpaired) electrons. The van der Waals surface area contributed by atoms with E-state index in [2.05, 4.69) is 15.5 Å². The fraction of sp³-hybridized carbons (Fsp3) is 0.167. The summed E-state index contributed by atoms with van der Waals surface area (Å²) in [5.41, 5.74) is 2.91. The summed E-state index contributed by atoms with van der Waals surface area (Å²) in [7, 11) is 1.95. The first kappa shape index (κ1) is 15.7. The van der Waals surface area contributed by atoms with Crippen molar-refractivity contribution in [2.45, 2.75) is 6.42 Å². The SMILES string of the molecule is CN1CCc2cc(C(=O)Nc3cccnn3)sc2-c2ccc(F)cc21. The number of halogens is 1. The molecule has 3 heterocycles. The fourth-order valence-corrected chi connectivity index (χ4v) is 4.06. The minimum atomic E-state index is -0.258. The van der Waals surface area contributed by atoms with Gasteiger partial charge in [-0.3, -0.25) is 4.79 Å². The normalized spacial score (nSPS) is 13.0. The van der Waals surface area contributed by atoms with Crippen LogP contribution in [0.5, 0.6) is 0 Å². The number of nitrogens with zero attached hydrogens (tertiary/aromatic N) is 3. The predicted molar refractivity (Wildman–Crippen MR) is 96.7 cm³/mol. The van der Waals surface area contributed by atoms with Gasteiger partial charge in [0.05, 0.1) is 4.88 Å². The van der Waals surface area contributed by atoms with Gasteiger partial charge in [0.15, 0.2) is 5.82 Å². The summed E-state index contributed by atoms with van der Waals surface area (Å²) < 4.78 is 13.7. The largest absolute Gasteiger partial charge is 0.374 e. The van der Waals surface area contributed by atoms with Crippen LogP contribution in [0.25, 0.3) is 10.4 Å². The van der Waals surface area contributed by atoms with Crippen LogP contribution in [0, 0.1) is 5.82 Å². The Labute approximate surface area is 148 Å². The van der Waals surface area contributed by atoms with E-state index in [1.54, 1.807) is 30.5 Å². The van der Waals surface area contributed by atoms with E-state index in [-0.39, 0.29) is 11.7 Å². The maximum atomic E-state index is 13.7. The van der Waals surface area contributed by atoms with Crippen LogP contribution in [0.3, 0.4) is 0 Å². The number of nitrogens with one attached hydrogen (secondary N) is 1. The molecule has 0 fully saturated rings. The van der Waals surface area contributed by atoms with Crippen molar-refractivity contribution in [1.82, 2.24) is 10.2 Å². The van der Waals surface area contributed by atoms with E-state index in [0.717, 1.165) is 34.7 Å². The van der Waals surface area contributed by atoms with Crippen LogP contribution in [0.2, 0.25) is 0 Å². The molecule has 5 nitrogen and oxygen atoms in total. The number of carbonyl (C=O) groups excluding carboxylic acids is 1. The molecule has 126 valence electrons. The monoisotopic (exact) mass is 354 g/mol. The number of amides is 1. The van der Waals surface area contributed by atoms with Crippen LogP contribution in [-0.4, -0.2) is 29.7 Å². The van der Waals surface area contributed by atoms with Gasteiger partial charge in [0.1, 0.15) is 5.82 Å². The molecule has 2 aromatic heterocycles. The van der Waals surface area contributed by atoms with Crippen LogP contribution in [-0.2, 0) is 6.42 Å². The van der Waals surface area contributed by atoms with Crippen molar-refractivity contribution >= 4 is 28.7 Å². The zero-order valence-corrected chi connectivity index (χ0v) is 14.3. The first-order valence-electron chi connectivity index (χ1n) is 7.84. The summed E-state index contributed by atoms with van der Waals surface area (Å²) in [5.74, 6) is -0.0555. The molecule has 0 saturated carbocycles. The van der Waals surface area contributed by atoms with Crippen molar-refractivity contribution in [3.8, 4) is 10.4 Å².